The molecule has 0 spiro atoms. The van der Waals surface area contributed by atoms with E-state index in [0.717, 1.165) is 22.3 Å². The van der Waals surface area contributed by atoms with Gasteiger partial charge in [-0.25, -0.2) is 9.18 Å². The Kier molecular flexibility index (Phi) is 7.55. The highest BCUT2D eigenvalue weighted by Gasteiger charge is 2.47. The first-order valence-corrected chi connectivity index (χ1v) is 13.8. The van der Waals surface area contributed by atoms with Crippen molar-refractivity contribution < 1.29 is 33.2 Å². The highest BCUT2D eigenvalue weighted by Crippen LogP contribution is 2.44. The van der Waals surface area contributed by atoms with Crippen LogP contribution in [0.4, 0.5) is 15.0 Å². The molecule has 2 aliphatic rings. The lowest BCUT2D eigenvalue weighted by atomic mass is 9.78. The van der Waals surface area contributed by atoms with E-state index in [-0.39, 0.29) is 18.1 Å². The van der Waals surface area contributed by atoms with Crippen molar-refractivity contribution in [2.75, 3.05) is 26.1 Å². The lowest BCUT2D eigenvalue weighted by molar-refractivity contribution is -0.0654. The number of methoxy groups -OCH3 is 2. The average molecular weight is 586 g/mol. The fourth-order valence-electron chi connectivity index (χ4n) is 5.76. The SMILES string of the molecule is COc1ccc(C(OC[C@H]2OC(=C3NC(=O)Nc4[nH]ccc43)[C@H](F)[C@@H]2O)(c2ccccc2)c2ccc(OC)cc2C)cc1. The van der Waals surface area contributed by atoms with Gasteiger partial charge in [0, 0.05) is 11.8 Å². The summed E-state index contributed by atoms with van der Waals surface area (Å²) in [5.74, 6) is 1.62. The summed E-state index contributed by atoms with van der Waals surface area (Å²) in [7, 11) is 3.21. The number of carbonyl (C=O) groups excluding carboxylic acids is 1. The van der Waals surface area contributed by atoms with Gasteiger partial charge in [0.1, 0.15) is 29.0 Å². The number of H-pyrrole nitrogens is 1. The first-order chi connectivity index (χ1) is 20.8. The molecule has 43 heavy (non-hydrogen) atoms. The molecule has 1 unspecified atom stereocenters. The van der Waals surface area contributed by atoms with Crippen molar-refractivity contribution in [1.29, 1.82) is 0 Å². The summed E-state index contributed by atoms with van der Waals surface area (Å²) in [6.45, 7) is 1.79. The van der Waals surface area contributed by atoms with Crippen LogP contribution in [0.15, 0.2) is 90.8 Å². The number of ether oxygens (including phenoxy) is 4. The maximum atomic E-state index is 15.7. The smallest absolute Gasteiger partial charge is 0.324 e. The van der Waals surface area contributed by atoms with Crippen LogP contribution in [0, 0.1) is 6.92 Å². The summed E-state index contributed by atoms with van der Waals surface area (Å²) in [4.78, 5) is 15.2. The predicted molar refractivity (Wildman–Crippen MR) is 159 cm³/mol. The highest BCUT2D eigenvalue weighted by molar-refractivity contribution is 6.02. The number of alkyl halides is 1. The lowest BCUT2D eigenvalue weighted by Gasteiger charge is -2.38. The number of aliphatic hydroxyl groups is 1. The Labute approximate surface area is 248 Å². The van der Waals surface area contributed by atoms with E-state index in [9.17, 15) is 9.90 Å². The second-order valence-electron chi connectivity index (χ2n) is 10.4. The number of carbonyl (C=O) groups is 1. The van der Waals surface area contributed by atoms with Crippen molar-refractivity contribution in [3.05, 3.63) is 119 Å². The number of halogens is 1. The number of rotatable bonds is 8. The highest BCUT2D eigenvalue weighted by atomic mass is 19.1. The molecular weight excluding hydrogens is 553 g/mol. The molecule has 0 saturated carbocycles. The standard InChI is InChI=1S/C33H32FN3O6/c1-19-17-23(41-3)13-14-25(19)33(20-7-5-4-6-8-20,21-9-11-22(40-2)12-10-21)42-18-26-29(38)27(34)30(43-26)28-24-15-16-35-31(24)37-32(39)36-28/h4-17,26-27,29,35,38H,18H2,1-3H3,(H2,36,37,39)/t26-,27-,29-,33?/m1/s1. The minimum atomic E-state index is -1.89. The molecule has 222 valence electrons. The molecule has 3 heterocycles. The van der Waals surface area contributed by atoms with Crippen molar-refractivity contribution in [2.24, 2.45) is 0 Å². The van der Waals surface area contributed by atoms with E-state index in [0.29, 0.717) is 22.9 Å². The first-order valence-electron chi connectivity index (χ1n) is 13.8. The Bertz CT molecular complexity index is 1650. The number of amides is 2. The van der Waals surface area contributed by atoms with Crippen LogP contribution in [0.25, 0.3) is 5.70 Å². The summed E-state index contributed by atoms with van der Waals surface area (Å²) in [6.07, 6.45) is -2.89. The summed E-state index contributed by atoms with van der Waals surface area (Å²) in [6, 6.07) is 24.1. The summed E-state index contributed by atoms with van der Waals surface area (Å²) in [5.41, 5.74) is 2.83. The Morgan fingerprint density at radius 2 is 1.63 bits per heavy atom. The molecule has 2 amide bonds. The minimum absolute atomic E-state index is 0.157. The van der Waals surface area contributed by atoms with Gasteiger partial charge in [0.15, 0.2) is 18.0 Å². The van der Waals surface area contributed by atoms with E-state index in [1.165, 1.54) is 0 Å². The quantitative estimate of drug-likeness (QED) is 0.210. The minimum Gasteiger partial charge on any atom is -0.497 e. The monoisotopic (exact) mass is 585 g/mol. The first kappa shape index (κ1) is 28.3. The van der Waals surface area contributed by atoms with Crippen molar-refractivity contribution in [3.8, 4) is 11.5 Å². The maximum Gasteiger partial charge on any atom is 0.324 e. The Balaban J connectivity index is 1.43. The van der Waals surface area contributed by atoms with E-state index in [4.69, 9.17) is 18.9 Å². The van der Waals surface area contributed by atoms with E-state index < -0.39 is 30.0 Å². The number of anilines is 1. The number of hydrogen-bond acceptors (Lipinski definition) is 6. The number of hydrogen-bond donors (Lipinski definition) is 4. The van der Waals surface area contributed by atoms with Crippen LogP contribution >= 0.6 is 0 Å². The average Bonchev–Trinajstić information content (AvgIpc) is 3.62. The molecule has 10 heteroatoms. The van der Waals surface area contributed by atoms with Crippen molar-refractivity contribution >= 4 is 17.5 Å². The molecule has 1 fully saturated rings. The molecule has 1 aromatic heterocycles. The van der Waals surface area contributed by atoms with Gasteiger partial charge in [0.2, 0.25) is 0 Å². The molecular formula is C33H32FN3O6. The second-order valence-corrected chi connectivity index (χ2v) is 10.4. The number of urea groups is 1. The van der Waals surface area contributed by atoms with Gasteiger partial charge in [-0.2, -0.15) is 0 Å². The summed E-state index contributed by atoms with van der Waals surface area (Å²) < 4.78 is 39.5. The number of aliphatic hydroxyl groups excluding tert-OH is 1. The Hall–Kier alpha value is -4.80. The third kappa shape index (κ3) is 4.98. The van der Waals surface area contributed by atoms with Gasteiger partial charge in [0.25, 0.3) is 0 Å². The number of nitrogens with one attached hydrogen (secondary N) is 3. The molecule has 4 atom stereocenters. The third-order valence-corrected chi connectivity index (χ3v) is 7.90. The summed E-state index contributed by atoms with van der Waals surface area (Å²) in [5, 5.41) is 16.3. The van der Waals surface area contributed by atoms with Gasteiger partial charge in [-0.1, -0.05) is 48.5 Å². The molecule has 9 nitrogen and oxygen atoms in total. The van der Waals surface area contributed by atoms with E-state index in [1.807, 2.05) is 79.7 Å². The Morgan fingerprint density at radius 1 is 0.930 bits per heavy atom. The van der Waals surface area contributed by atoms with Gasteiger partial charge in [0.05, 0.1) is 26.5 Å². The number of aromatic nitrogens is 1. The fraction of sp³-hybridized carbons (Fsp3) is 0.242. The molecule has 0 bridgehead atoms. The van der Waals surface area contributed by atoms with E-state index in [1.54, 1.807) is 26.5 Å². The van der Waals surface area contributed by atoms with Crippen molar-refractivity contribution in [2.45, 2.75) is 30.9 Å². The second kappa shape index (κ2) is 11.5. The third-order valence-electron chi connectivity index (χ3n) is 7.90. The number of aryl methyl sites for hydroxylation is 1. The molecule has 4 aromatic rings. The molecule has 2 aliphatic heterocycles. The van der Waals surface area contributed by atoms with Gasteiger partial charge in [-0.3, -0.25) is 5.32 Å². The fourth-order valence-corrected chi connectivity index (χ4v) is 5.76. The van der Waals surface area contributed by atoms with Crippen LogP contribution in [-0.2, 0) is 15.1 Å². The zero-order chi connectivity index (χ0) is 30.1. The van der Waals surface area contributed by atoms with Gasteiger partial charge >= 0.3 is 6.03 Å². The zero-order valence-corrected chi connectivity index (χ0v) is 23.9. The van der Waals surface area contributed by atoms with Gasteiger partial charge < -0.3 is 34.4 Å². The Morgan fingerprint density at radius 3 is 2.33 bits per heavy atom. The topological polar surface area (TPSA) is 114 Å². The van der Waals surface area contributed by atoms with Crippen LogP contribution in [0.1, 0.15) is 27.8 Å². The number of benzene rings is 3. The molecule has 4 N–H and O–H groups in total. The van der Waals surface area contributed by atoms with Crippen LogP contribution in [0.5, 0.6) is 11.5 Å². The molecule has 3 aromatic carbocycles. The maximum absolute atomic E-state index is 15.7. The van der Waals surface area contributed by atoms with Crippen molar-refractivity contribution in [3.63, 3.8) is 0 Å². The van der Waals surface area contributed by atoms with Crippen LogP contribution in [0.2, 0.25) is 0 Å². The molecule has 1 saturated heterocycles. The normalized spacial score (nSPS) is 22.5. The van der Waals surface area contributed by atoms with Crippen LogP contribution < -0.4 is 20.1 Å². The van der Waals surface area contributed by atoms with Gasteiger partial charge in [-0.05, 0) is 59.5 Å². The number of fused-ring (bicyclic) bond motifs is 1. The molecule has 6 rings (SSSR count). The van der Waals surface area contributed by atoms with Crippen LogP contribution in [-0.4, -0.2) is 55.3 Å². The predicted octanol–water partition coefficient (Wildman–Crippen LogP) is 5.25. The van der Waals surface area contributed by atoms with E-state index in [2.05, 4.69) is 15.6 Å². The largest absolute Gasteiger partial charge is 0.497 e. The van der Waals surface area contributed by atoms with Crippen molar-refractivity contribution in [1.82, 2.24) is 10.3 Å². The summed E-state index contributed by atoms with van der Waals surface area (Å²) >= 11 is 0. The molecule has 0 radical (unpaired) electrons. The lowest BCUT2D eigenvalue weighted by Crippen LogP contribution is -2.39. The molecule has 0 aliphatic carbocycles. The van der Waals surface area contributed by atoms with Gasteiger partial charge in [-0.15, -0.1) is 0 Å². The zero-order valence-electron chi connectivity index (χ0n) is 23.9. The van der Waals surface area contributed by atoms with Crippen LogP contribution in [0.3, 0.4) is 0 Å². The number of aromatic amines is 1. The van der Waals surface area contributed by atoms with E-state index >= 15 is 4.39 Å².